The van der Waals surface area contributed by atoms with E-state index in [1.165, 1.54) is 13.1 Å². The van der Waals surface area contributed by atoms with Crippen LogP contribution in [0.1, 0.15) is 5.89 Å². The summed E-state index contributed by atoms with van der Waals surface area (Å²) in [5.74, 6) is -0.267. The van der Waals surface area contributed by atoms with Crippen LogP contribution in [0.3, 0.4) is 0 Å². The molecule has 0 aliphatic rings. The topological polar surface area (TPSA) is 101 Å². The van der Waals surface area contributed by atoms with Gasteiger partial charge in [0, 0.05) is 29.5 Å². The third-order valence-electron chi connectivity index (χ3n) is 3.98. The predicted molar refractivity (Wildman–Crippen MR) is 104 cm³/mol. The molecule has 1 N–H and O–H groups in total. The minimum atomic E-state index is -3.53. The number of hydroxylamine groups is 2. The molecule has 1 heterocycles. The van der Waals surface area contributed by atoms with Crippen LogP contribution < -0.4 is 0 Å². The fourth-order valence-electron chi connectivity index (χ4n) is 2.65. The van der Waals surface area contributed by atoms with Crippen LogP contribution in [0.2, 0.25) is 5.02 Å². The molecule has 0 aliphatic heterocycles. The number of likely N-dealkylation sites (N-methyl/N-ethyl adjacent to an activating group) is 1. The zero-order chi connectivity index (χ0) is 20.5. The summed E-state index contributed by atoms with van der Waals surface area (Å²) in [7, 11) is -2.33. The molecule has 146 valence electrons. The number of aromatic nitrogens is 1. The van der Waals surface area contributed by atoms with Crippen molar-refractivity contribution in [3.8, 4) is 22.6 Å². The van der Waals surface area contributed by atoms with Crippen molar-refractivity contribution in [3.05, 3.63) is 59.4 Å². The molecule has 9 heteroatoms. The first-order valence-electron chi connectivity index (χ1n) is 8.17. The van der Waals surface area contributed by atoms with Gasteiger partial charge in [-0.15, -0.1) is 0 Å². The van der Waals surface area contributed by atoms with Crippen LogP contribution >= 0.6 is 11.6 Å². The SMILES string of the molecule is CN(O)C(=O)Cc1nc(-c2ccccc2S(C)(=O)=O)c(-c2ccc(Cl)cc2)o1. The number of hydrogen-bond acceptors (Lipinski definition) is 6. The summed E-state index contributed by atoms with van der Waals surface area (Å²) in [6, 6.07) is 13.2. The van der Waals surface area contributed by atoms with E-state index in [-0.39, 0.29) is 22.9 Å². The smallest absolute Gasteiger partial charge is 0.254 e. The Balaban J connectivity index is 2.21. The first-order chi connectivity index (χ1) is 13.2. The molecule has 1 amide bonds. The second kappa shape index (κ2) is 7.75. The van der Waals surface area contributed by atoms with Crippen molar-refractivity contribution in [2.24, 2.45) is 0 Å². The highest BCUT2D eigenvalue weighted by Crippen LogP contribution is 2.36. The van der Waals surface area contributed by atoms with Gasteiger partial charge in [-0.25, -0.2) is 18.5 Å². The van der Waals surface area contributed by atoms with E-state index >= 15 is 0 Å². The van der Waals surface area contributed by atoms with Crippen LogP contribution in [0.5, 0.6) is 0 Å². The lowest BCUT2D eigenvalue weighted by molar-refractivity contribution is -0.158. The average molecular weight is 421 g/mol. The molecule has 0 spiro atoms. The van der Waals surface area contributed by atoms with Crippen molar-refractivity contribution in [3.63, 3.8) is 0 Å². The minimum Gasteiger partial charge on any atom is -0.439 e. The van der Waals surface area contributed by atoms with Gasteiger partial charge in [0.25, 0.3) is 5.91 Å². The minimum absolute atomic E-state index is 0.0501. The number of amides is 1. The van der Waals surface area contributed by atoms with Gasteiger partial charge in [-0.05, 0) is 30.3 Å². The second-order valence-corrected chi connectivity index (χ2v) is 8.58. The third kappa shape index (κ3) is 4.24. The summed E-state index contributed by atoms with van der Waals surface area (Å²) >= 11 is 5.95. The van der Waals surface area contributed by atoms with Crippen LogP contribution in [0.25, 0.3) is 22.6 Å². The molecular formula is C19H17ClN2O5S. The van der Waals surface area contributed by atoms with Crippen LogP contribution in [-0.4, -0.2) is 42.9 Å². The Kier molecular flexibility index (Phi) is 5.55. The van der Waals surface area contributed by atoms with Crippen molar-refractivity contribution >= 4 is 27.3 Å². The quantitative estimate of drug-likeness (QED) is 0.501. The third-order valence-corrected chi connectivity index (χ3v) is 5.39. The molecule has 0 fully saturated rings. The number of nitrogens with zero attached hydrogens (tertiary/aromatic N) is 2. The molecule has 3 aromatic rings. The van der Waals surface area contributed by atoms with Gasteiger partial charge in [-0.3, -0.25) is 10.0 Å². The van der Waals surface area contributed by atoms with Gasteiger partial charge < -0.3 is 4.42 Å². The van der Waals surface area contributed by atoms with Crippen molar-refractivity contribution in [2.45, 2.75) is 11.3 Å². The number of carbonyl (C=O) groups excluding carboxylic acids is 1. The van der Waals surface area contributed by atoms with Gasteiger partial charge in [0.2, 0.25) is 5.89 Å². The van der Waals surface area contributed by atoms with Gasteiger partial charge in [0.15, 0.2) is 15.6 Å². The van der Waals surface area contributed by atoms with E-state index in [0.717, 1.165) is 6.26 Å². The lowest BCUT2D eigenvalue weighted by atomic mass is 10.1. The number of halogens is 1. The second-order valence-electron chi connectivity index (χ2n) is 6.15. The summed E-state index contributed by atoms with van der Waals surface area (Å²) in [6.45, 7) is 0. The largest absolute Gasteiger partial charge is 0.439 e. The van der Waals surface area contributed by atoms with E-state index in [1.54, 1.807) is 42.5 Å². The van der Waals surface area contributed by atoms with Crippen molar-refractivity contribution in [2.75, 3.05) is 13.3 Å². The van der Waals surface area contributed by atoms with Gasteiger partial charge >= 0.3 is 0 Å². The maximum atomic E-state index is 12.2. The molecule has 7 nitrogen and oxygen atoms in total. The Labute approximate surface area is 167 Å². The maximum absolute atomic E-state index is 12.2. The normalized spacial score (nSPS) is 11.4. The first-order valence-corrected chi connectivity index (χ1v) is 10.4. The van der Waals surface area contributed by atoms with E-state index < -0.39 is 15.7 Å². The molecule has 0 unspecified atom stereocenters. The Morgan fingerprint density at radius 1 is 1.18 bits per heavy atom. The maximum Gasteiger partial charge on any atom is 0.254 e. The molecule has 2 aromatic carbocycles. The molecule has 3 rings (SSSR count). The summed E-state index contributed by atoms with van der Waals surface area (Å²) in [4.78, 5) is 16.3. The standard InChI is InChI=1S/C19H17ClN2O5S/c1-22(24)17(23)11-16-21-18(14-5-3-4-6-15(14)28(2,25)26)19(27-16)12-7-9-13(20)10-8-12/h3-10,24H,11H2,1-2H3. The number of rotatable bonds is 5. The molecule has 0 saturated heterocycles. The lowest BCUT2D eigenvalue weighted by Crippen LogP contribution is -2.24. The van der Waals surface area contributed by atoms with Crippen LogP contribution in [0.15, 0.2) is 57.8 Å². The van der Waals surface area contributed by atoms with Gasteiger partial charge in [-0.2, -0.15) is 0 Å². The molecular weight excluding hydrogens is 404 g/mol. The van der Waals surface area contributed by atoms with Crippen LogP contribution in [0.4, 0.5) is 0 Å². The van der Waals surface area contributed by atoms with Crippen LogP contribution in [-0.2, 0) is 21.1 Å². The van der Waals surface area contributed by atoms with Gasteiger partial charge in [0.05, 0.1) is 4.90 Å². The average Bonchev–Trinajstić information content (AvgIpc) is 3.05. The zero-order valence-corrected chi connectivity index (χ0v) is 16.7. The van der Waals surface area contributed by atoms with Crippen molar-refractivity contribution in [1.82, 2.24) is 10.0 Å². The van der Waals surface area contributed by atoms with E-state index in [4.69, 9.17) is 16.0 Å². The van der Waals surface area contributed by atoms with E-state index in [9.17, 15) is 18.4 Å². The summed E-state index contributed by atoms with van der Waals surface area (Å²) < 4.78 is 30.2. The molecule has 0 atom stereocenters. The van der Waals surface area contributed by atoms with Crippen molar-refractivity contribution in [1.29, 1.82) is 0 Å². The summed E-state index contributed by atoms with van der Waals surface area (Å²) in [5, 5.41) is 10.3. The predicted octanol–water partition coefficient (Wildman–Crippen LogP) is 3.46. The number of carbonyl (C=O) groups is 1. The fraction of sp³-hybridized carbons (Fsp3) is 0.158. The monoisotopic (exact) mass is 420 g/mol. The van der Waals surface area contributed by atoms with Crippen LogP contribution in [0, 0.1) is 0 Å². The highest BCUT2D eigenvalue weighted by molar-refractivity contribution is 7.90. The number of benzene rings is 2. The molecule has 0 aliphatic carbocycles. The van der Waals surface area contributed by atoms with Gasteiger partial charge in [0.1, 0.15) is 12.1 Å². The highest BCUT2D eigenvalue weighted by Gasteiger charge is 2.24. The Morgan fingerprint density at radius 3 is 2.43 bits per heavy atom. The van der Waals surface area contributed by atoms with Gasteiger partial charge in [-0.1, -0.05) is 29.8 Å². The number of oxazole rings is 1. The highest BCUT2D eigenvalue weighted by atomic mass is 35.5. The molecule has 28 heavy (non-hydrogen) atoms. The Bertz CT molecular complexity index is 1120. The molecule has 0 radical (unpaired) electrons. The van der Waals surface area contributed by atoms with E-state index in [0.29, 0.717) is 27.0 Å². The first kappa shape index (κ1) is 20.1. The molecule has 1 aromatic heterocycles. The summed E-state index contributed by atoms with van der Waals surface area (Å²) in [5.41, 5.74) is 1.26. The molecule has 0 saturated carbocycles. The molecule has 0 bridgehead atoms. The van der Waals surface area contributed by atoms with E-state index in [2.05, 4.69) is 4.98 Å². The number of hydrogen-bond donors (Lipinski definition) is 1. The summed E-state index contributed by atoms with van der Waals surface area (Å²) in [6.07, 6.45) is 0.827. The Hall–Kier alpha value is -2.68. The Morgan fingerprint density at radius 2 is 1.82 bits per heavy atom. The fourth-order valence-corrected chi connectivity index (χ4v) is 3.66. The zero-order valence-electron chi connectivity index (χ0n) is 15.1. The number of sulfone groups is 1. The van der Waals surface area contributed by atoms with Crippen molar-refractivity contribution < 1.29 is 22.8 Å². The van der Waals surface area contributed by atoms with E-state index in [1.807, 2.05) is 0 Å². The lowest BCUT2D eigenvalue weighted by Gasteiger charge is -2.07.